The number of nitrogens with zero attached hydrogens (tertiary/aromatic N) is 2. The van der Waals surface area contributed by atoms with Crippen molar-refractivity contribution in [3.8, 4) is 10.6 Å². The molecule has 0 aliphatic carbocycles. The maximum absolute atomic E-state index is 11.4. The van der Waals surface area contributed by atoms with Crippen LogP contribution in [0.1, 0.15) is 20.9 Å². The summed E-state index contributed by atoms with van der Waals surface area (Å²) in [7, 11) is 0. The molecule has 3 rings (SSSR count). The molecule has 0 atom stereocenters. The predicted octanol–water partition coefficient (Wildman–Crippen LogP) is 3.69. The molecule has 2 heterocycles. The van der Waals surface area contributed by atoms with Crippen LogP contribution in [0, 0.1) is 0 Å². The van der Waals surface area contributed by atoms with Crippen LogP contribution in [0.5, 0.6) is 0 Å². The minimum absolute atomic E-state index is 0.322. The van der Waals surface area contributed by atoms with E-state index in [1.54, 1.807) is 12.4 Å². The number of carboxylic acids is 1. The Balaban J connectivity index is 1.86. The van der Waals surface area contributed by atoms with Crippen LogP contribution in [0.15, 0.2) is 54.9 Å². The molecule has 0 spiro atoms. The summed E-state index contributed by atoms with van der Waals surface area (Å²) >= 11 is 1.22. The van der Waals surface area contributed by atoms with E-state index in [-0.39, 0.29) is 0 Å². The van der Waals surface area contributed by atoms with Crippen molar-refractivity contribution in [3.05, 3.63) is 71.0 Å². The summed E-state index contributed by atoms with van der Waals surface area (Å²) in [5.41, 5.74) is 2.72. The topological polar surface area (TPSA) is 63.1 Å². The standard InChI is InChI=1S/C17H14N2O2S/c20-17(21)15-14(7-6-12-4-2-1-3-5-12)19-16(22-15)13-8-10-18-11-9-13/h1-5,8-11H,6-7H2,(H,20,21). The third kappa shape index (κ3) is 3.20. The van der Waals surface area contributed by atoms with Gasteiger partial charge in [0, 0.05) is 18.0 Å². The van der Waals surface area contributed by atoms with Crippen molar-refractivity contribution in [1.29, 1.82) is 0 Å². The van der Waals surface area contributed by atoms with Crippen LogP contribution in [0.25, 0.3) is 10.6 Å². The molecule has 0 unspecified atom stereocenters. The predicted molar refractivity (Wildman–Crippen MR) is 86.2 cm³/mol. The maximum Gasteiger partial charge on any atom is 0.347 e. The monoisotopic (exact) mass is 310 g/mol. The Morgan fingerprint density at radius 2 is 1.77 bits per heavy atom. The number of thiazole rings is 1. The van der Waals surface area contributed by atoms with Gasteiger partial charge < -0.3 is 5.11 Å². The van der Waals surface area contributed by atoms with E-state index in [4.69, 9.17) is 0 Å². The van der Waals surface area contributed by atoms with E-state index >= 15 is 0 Å². The highest BCUT2D eigenvalue weighted by Crippen LogP contribution is 2.28. The van der Waals surface area contributed by atoms with Crippen molar-refractivity contribution >= 4 is 17.3 Å². The summed E-state index contributed by atoms with van der Waals surface area (Å²) < 4.78 is 0. The first-order valence-corrected chi connectivity index (χ1v) is 7.73. The van der Waals surface area contributed by atoms with Gasteiger partial charge in [0.05, 0.1) is 5.69 Å². The van der Waals surface area contributed by atoms with Crippen LogP contribution >= 0.6 is 11.3 Å². The first kappa shape index (κ1) is 14.4. The lowest BCUT2D eigenvalue weighted by Gasteiger charge is -2.00. The molecule has 0 aliphatic rings. The van der Waals surface area contributed by atoms with E-state index in [9.17, 15) is 9.90 Å². The number of benzene rings is 1. The second-order valence-corrected chi connectivity index (χ2v) is 5.82. The first-order chi connectivity index (χ1) is 10.7. The Labute approximate surface area is 132 Å². The van der Waals surface area contributed by atoms with Crippen molar-refractivity contribution in [2.45, 2.75) is 12.8 Å². The van der Waals surface area contributed by atoms with Crippen molar-refractivity contribution < 1.29 is 9.90 Å². The van der Waals surface area contributed by atoms with Crippen molar-refractivity contribution in [1.82, 2.24) is 9.97 Å². The Hall–Kier alpha value is -2.53. The molecule has 5 heteroatoms. The molecule has 0 fully saturated rings. The van der Waals surface area contributed by atoms with Gasteiger partial charge in [0.25, 0.3) is 0 Å². The van der Waals surface area contributed by atoms with Crippen LogP contribution < -0.4 is 0 Å². The number of carboxylic acid groups (broad SMARTS) is 1. The SMILES string of the molecule is O=C(O)c1sc(-c2ccncc2)nc1CCc1ccccc1. The smallest absolute Gasteiger partial charge is 0.347 e. The number of hydrogen-bond acceptors (Lipinski definition) is 4. The molecule has 110 valence electrons. The molecule has 0 bridgehead atoms. The number of rotatable bonds is 5. The normalized spacial score (nSPS) is 10.5. The van der Waals surface area contributed by atoms with Gasteiger partial charge in [0.2, 0.25) is 0 Å². The Bertz CT molecular complexity index is 770. The zero-order chi connectivity index (χ0) is 15.4. The highest BCUT2D eigenvalue weighted by atomic mass is 32.1. The van der Waals surface area contributed by atoms with E-state index in [1.165, 1.54) is 16.9 Å². The minimum Gasteiger partial charge on any atom is -0.477 e. The van der Waals surface area contributed by atoms with Gasteiger partial charge in [0.1, 0.15) is 9.88 Å². The van der Waals surface area contributed by atoms with Gasteiger partial charge in [0.15, 0.2) is 0 Å². The summed E-state index contributed by atoms with van der Waals surface area (Å²) in [6, 6.07) is 13.7. The van der Waals surface area contributed by atoms with Crippen LogP contribution in [-0.4, -0.2) is 21.0 Å². The zero-order valence-electron chi connectivity index (χ0n) is 11.8. The molecule has 0 aliphatic heterocycles. The lowest BCUT2D eigenvalue weighted by Crippen LogP contribution is -2.00. The molecule has 1 aromatic carbocycles. The second-order valence-electron chi connectivity index (χ2n) is 4.82. The van der Waals surface area contributed by atoms with Gasteiger partial charge >= 0.3 is 5.97 Å². The van der Waals surface area contributed by atoms with Crippen molar-refractivity contribution in [3.63, 3.8) is 0 Å². The number of pyridine rings is 1. The van der Waals surface area contributed by atoms with Crippen LogP contribution in [0.3, 0.4) is 0 Å². The van der Waals surface area contributed by atoms with E-state index in [0.29, 0.717) is 17.0 Å². The van der Waals surface area contributed by atoms with Gasteiger partial charge in [-0.15, -0.1) is 11.3 Å². The lowest BCUT2D eigenvalue weighted by molar-refractivity contribution is 0.0700. The molecular formula is C17H14N2O2S. The average molecular weight is 310 g/mol. The van der Waals surface area contributed by atoms with E-state index in [0.717, 1.165) is 17.0 Å². The first-order valence-electron chi connectivity index (χ1n) is 6.91. The number of carbonyl (C=O) groups is 1. The Morgan fingerprint density at radius 1 is 1.05 bits per heavy atom. The van der Waals surface area contributed by atoms with Crippen LogP contribution in [-0.2, 0) is 12.8 Å². The fourth-order valence-electron chi connectivity index (χ4n) is 2.21. The highest BCUT2D eigenvalue weighted by Gasteiger charge is 2.17. The highest BCUT2D eigenvalue weighted by molar-refractivity contribution is 7.17. The quantitative estimate of drug-likeness (QED) is 0.780. The van der Waals surface area contributed by atoms with Gasteiger partial charge in [-0.05, 0) is 30.5 Å². The number of aromatic nitrogens is 2. The maximum atomic E-state index is 11.4. The van der Waals surface area contributed by atoms with Gasteiger partial charge in [-0.2, -0.15) is 0 Å². The zero-order valence-corrected chi connectivity index (χ0v) is 12.6. The summed E-state index contributed by atoms with van der Waals surface area (Å²) in [5.74, 6) is -0.916. The summed E-state index contributed by atoms with van der Waals surface area (Å²) in [6.07, 6.45) is 4.76. The summed E-state index contributed by atoms with van der Waals surface area (Å²) in [5, 5.41) is 10.1. The molecule has 0 radical (unpaired) electrons. The largest absolute Gasteiger partial charge is 0.477 e. The molecule has 1 N–H and O–H groups in total. The Kier molecular flexibility index (Phi) is 4.25. The molecule has 0 saturated heterocycles. The van der Waals surface area contributed by atoms with Crippen LogP contribution in [0.4, 0.5) is 0 Å². The van der Waals surface area contributed by atoms with Gasteiger partial charge in [-0.1, -0.05) is 30.3 Å². The summed E-state index contributed by atoms with van der Waals surface area (Å²) in [4.78, 5) is 20.3. The van der Waals surface area contributed by atoms with Gasteiger partial charge in [-0.3, -0.25) is 4.98 Å². The third-order valence-electron chi connectivity index (χ3n) is 3.31. The number of hydrogen-bond donors (Lipinski definition) is 1. The van der Waals surface area contributed by atoms with E-state index in [2.05, 4.69) is 9.97 Å². The van der Waals surface area contributed by atoms with Crippen molar-refractivity contribution in [2.75, 3.05) is 0 Å². The molecule has 0 amide bonds. The molecule has 22 heavy (non-hydrogen) atoms. The van der Waals surface area contributed by atoms with E-state index in [1.807, 2.05) is 42.5 Å². The number of aromatic carboxylic acids is 1. The van der Waals surface area contributed by atoms with Crippen molar-refractivity contribution in [2.24, 2.45) is 0 Å². The molecule has 2 aromatic heterocycles. The number of aryl methyl sites for hydroxylation is 2. The fraction of sp³-hybridized carbons (Fsp3) is 0.118. The lowest BCUT2D eigenvalue weighted by atomic mass is 10.1. The third-order valence-corrected chi connectivity index (χ3v) is 4.45. The molecular weight excluding hydrogens is 296 g/mol. The molecule has 3 aromatic rings. The second kappa shape index (κ2) is 6.49. The molecule has 0 saturated carbocycles. The molecule has 4 nitrogen and oxygen atoms in total. The minimum atomic E-state index is -0.916. The van der Waals surface area contributed by atoms with Crippen LogP contribution in [0.2, 0.25) is 0 Å². The van der Waals surface area contributed by atoms with Gasteiger partial charge in [-0.25, -0.2) is 9.78 Å². The average Bonchev–Trinajstić information content (AvgIpc) is 2.99. The summed E-state index contributed by atoms with van der Waals surface area (Å²) in [6.45, 7) is 0. The fourth-order valence-corrected chi connectivity index (χ4v) is 3.17. The van der Waals surface area contributed by atoms with E-state index < -0.39 is 5.97 Å². The Morgan fingerprint density at radius 3 is 2.45 bits per heavy atom.